The molecule has 1 fully saturated rings. The van der Waals surface area contributed by atoms with Crippen molar-refractivity contribution in [2.45, 2.75) is 29.5 Å². The number of aromatic nitrogens is 2. The molecule has 1 aliphatic heterocycles. The van der Waals surface area contributed by atoms with E-state index in [-0.39, 0.29) is 16.3 Å². The molecular weight excluding hydrogens is 573 g/mol. The summed E-state index contributed by atoms with van der Waals surface area (Å²) in [4.78, 5) is 28.1. The number of benzene rings is 3. The second-order valence-electron chi connectivity index (χ2n) is 8.83. The van der Waals surface area contributed by atoms with E-state index >= 15 is 0 Å². The first-order valence-corrected chi connectivity index (χ1v) is 14.5. The molecule has 1 amide bonds. The highest BCUT2D eigenvalue weighted by atomic mass is 35.5. The molecule has 1 N–H and O–H groups in total. The summed E-state index contributed by atoms with van der Waals surface area (Å²) >= 11 is 8.83. The van der Waals surface area contributed by atoms with Crippen LogP contribution in [0.5, 0.6) is 5.75 Å². The Morgan fingerprint density at radius 3 is 2.62 bits per heavy atom. The van der Waals surface area contributed by atoms with E-state index in [4.69, 9.17) is 16.3 Å². The van der Waals surface area contributed by atoms with Crippen LogP contribution in [0.3, 0.4) is 0 Å². The number of carbonyl (C=O) groups is 2. The summed E-state index contributed by atoms with van der Waals surface area (Å²) < 4.78 is 19.9. The average molecular weight is 596 g/mol. The standard InChI is InChI=1S/C29H23ClFN3O4S2/c1-2-14-38-21-8-5-7-18(15-21)24-23(25(35)17-10-12-20(31)13-11-17)26(36)27(37)34(24)28-32-33-29(40-28)39-16-19-6-3-4-9-22(19)30/h3-13,15,24,35H,2,14,16H2,1H3. The highest BCUT2D eigenvalue weighted by molar-refractivity contribution is 8.00. The van der Waals surface area contributed by atoms with Crippen molar-refractivity contribution in [1.29, 1.82) is 0 Å². The Kier molecular flexibility index (Phi) is 8.49. The van der Waals surface area contributed by atoms with Gasteiger partial charge in [0, 0.05) is 16.3 Å². The predicted molar refractivity (Wildman–Crippen MR) is 154 cm³/mol. The number of anilines is 1. The zero-order chi connectivity index (χ0) is 28.2. The number of hydrogen-bond donors (Lipinski definition) is 1. The number of nitrogens with zero attached hydrogens (tertiary/aromatic N) is 3. The fourth-order valence-corrected chi connectivity index (χ4v) is 6.37. The average Bonchev–Trinajstić information content (AvgIpc) is 3.53. The number of aliphatic hydroxyl groups is 1. The smallest absolute Gasteiger partial charge is 0.301 e. The largest absolute Gasteiger partial charge is 0.507 e. The normalized spacial score (nSPS) is 16.5. The molecule has 3 aromatic carbocycles. The van der Waals surface area contributed by atoms with Crippen LogP contribution in [-0.4, -0.2) is 33.6 Å². The lowest BCUT2D eigenvalue weighted by Crippen LogP contribution is -2.29. The van der Waals surface area contributed by atoms with Crippen LogP contribution >= 0.6 is 34.7 Å². The Morgan fingerprint density at radius 1 is 1.10 bits per heavy atom. The SMILES string of the molecule is CCCOc1cccc(C2C(=C(O)c3ccc(F)cc3)C(=O)C(=O)N2c2nnc(SCc3ccccc3Cl)s2)c1. The molecule has 0 radical (unpaired) electrons. The molecule has 7 nitrogen and oxygen atoms in total. The Labute approximate surface area is 243 Å². The summed E-state index contributed by atoms with van der Waals surface area (Å²) in [6.07, 6.45) is 0.798. The zero-order valence-corrected chi connectivity index (χ0v) is 23.6. The van der Waals surface area contributed by atoms with E-state index < -0.39 is 29.3 Å². The number of ether oxygens (including phenoxy) is 1. The van der Waals surface area contributed by atoms with Crippen LogP contribution in [-0.2, 0) is 15.3 Å². The van der Waals surface area contributed by atoms with Crippen molar-refractivity contribution in [1.82, 2.24) is 10.2 Å². The van der Waals surface area contributed by atoms with E-state index in [9.17, 15) is 19.1 Å². The molecule has 0 bridgehead atoms. The third kappa shape index (κ3) is 5.74. The molecule has 0 spiro atoms. The van der Waals surface area contributed by atoms with Gasteiger partial charge in [-0.3, -0.25) is 14.5 Å². The first-order chi connectivity index (χ1) is 19.4. The molecule has 0 aliphatic carbocycles. The molecule has 1 aromatic heterocycles. The summed E-state index contributed by atoms with van der Waals surface area (Å²) in [6, 6.07) is 18.5. The van der Waals surface area contributed by atoms with Gasteiger partial charge in [-0.2, -0.15) is 0 Å². The molecule has 1 atom stereocenters. The number of thioether (sulfide) groups is 1. The van der Waals surface area contributed by atoms with Gasteiger partial charge in [0.2, 0.25) is 5.13 Å². The first-order valence-electron chi connectivity index (χ1n) is 12.4. The molecule has 2 heterocycles. The first kappa shape index (κ1) is 27.8. The second-order valence-corrected chi connectivity index (χ2v) is 11.4. The van der Waals surface area contributed by atoms with E-state index in [1.165, 1.54) is 40.9 Å². The molecule has 204 valence electrons. The molecule has 1 aliphatic rings. The minimum atomic E-state index is -1.01. The van der Waals surface area contributed by atoms with Crippen molar-refractivity contribution in [3.05, 3.63) is 106 Å². The van der Waals surface area contributed by atoms with Crippen LogP contribution in [0.2, 0.25) is 5.02 Å². The summed E-state index contributed by atoms with van der Waals surface area (Å²) in [5.74, 6) is -1.55. The van der Waals surface area contributed by atoms with Gasteiger partial charge in [-0.15, -0.1) is 10.2 Å². The topological polar surface area (TPSA) is 92.6 Å². The lowest BCUT2D eigenvalue weighted by Gasteiger charge is -2.23. The van der Waals surface area contributed by atoms with Gasteiger partial charge >= 0.3 is 5.91 Å². The van der Waals surface area contributed by atoms with Gasteiger partial charge in [0.1, 0.15) is 17.3 Å². The molecule has 40 heavy (non-hydrogen) atoms. The molecule has 1 unspecified atom stereocenters. The number of carbonyl (C=O) groups excluding carboxylic acids is 2. The number of Topliss-reactive ketones (excluding diaryl/α,β-unsaturated/α-hetero) is 1. The van der Waals surface area contributed by atoms with E-state index in [1.807, 2.05) is 31.2 Å². The highest BCUT2D eigenvalue weighted by Crippen LogP contribution is 2.44. The lowest BCUT2D eigenvalue weighted by atomic mass is 9.95. The molecule has 0 saturated carbocycles. The van der Waals surface area contributed by atoms with Gasteiger partial charge in [-0.05, 0) is 60.0 Å². The van der Waals surface area contributed by atoms with Crippen LogP contribution in [0.1, 0.15) is 36.1 Å². The quantitative estimate of drug-likeness (QED) is 0.0729. The van der Waals surface area contributed by atoms with Crippen LogP contribution in [0.15, 0.2) is 82.7 Å². The minimum Gasteiger partial charge on any atom is -0.507 e. The Bertz CT molecular complexity index is 1590. The van der Waals surface area contributed by atoms with Gasteiger partial charge in [0.05, 0.1) is 18.2 Å². The van der Waals surface area contributed by atoms with Crippen LogP contribution in [0, 0.1) is 5.82 Å². The molecule has 5 rings (SSSR count). The maximum absolute atomic E-state index is 13.6. The number of aliphatic hydroxyl groups excluding tert-OH is 1. The van der Waals surface area contributed by atoms with E-state index in [0.717, 1.165) is 23.3 Å². The Hall–Kier alpha value is -3.73. The fraction of sp³-hybridized carbons (Fsp3) is 0.172. The van der Waals surface area contributed by atoms with Gasteiger partial charge < -0.3 is 9.84 Å². The van der Waals surface area contributed by atoms with Crippen molar-refractivity contribution < 1.29 is 23.8 Å². The van der Waals surface area contributed by atoms with Crippen LogP contribution in [0.25, 0.3) is 5.76 Å². The highest BCUT2D eigenvalue weighted by Gasteiger charge is 2.48. The Morgan fingerprint density at radius 2 is 1.88 bits per heavy atom. The van der Waals surface area contributed by atoms with Gasteiger partial charge in [-0.25, -0.2) is 4.39 Å². The summed E-state index contributed by atoms with van der Waals surface area (Å²) in [6.45, 7) is 2.47. The summed E-state index contributed by atoms with van der Waals surface area (Å²) in [5.41, 5.74) is 1.53. The molecular formula is C29H23ClFN3O4S2. The van der Waals surface area contributed by atoms with E-state index in [0.29, 0.717) is 33.0 Å². The number of amides is 1. The minimum absolute atomic E-state index is 0.135. The molecule has 11 heteroatoms. The lowest BCUT2D eigenvalue weighted by molar-refractivity contribution is -0.132. The predicted octanol–water partition coefficient (Wildman–Crippen LogP) is 7.04. The van der Waals surface area contributed by atoms with E-state index in [1.54, 1.807) is 24.3 Å². The van der Waals surface area contributed by atoms with Crippen molar-refractivity contribution in [3.8, 4) is 5.75 Å². The molecule has 4 aromatic rings. The fourth-order valence-electron chi connectivity index (χ4n) is 4.22. The van der Waals surface area contributed by atoms with Gasteiger partial charge in [0.25, 0.3) is 5.78 Å². The summed E-state index contributed by atoms with van der Waals surface area (Å²) in [5, 5.41) is 20.5. The number of ketones is 1. The van der Waals surface area contributed by atoms with Crippen molar-refractivity contribution in [3.63, 3.8) is 0 Å². The van der Waals surface area contributed by atoms with Crippen molar-refractivity contribution in [2.75, 3.05) is 11.5 Å². The maximum atomic E-state index is 13.6. The second kappa shape index (κ2) is 12.2. The number of halogens is 2. The van der Waals surface area contributed by atoms with Crippen molar-refractivity contribution >= 4 is 57.3 Å². The zero-order valence-electron chi connectivity index (χ0n) is 21.2. The van der Waals surface area contributed by atoms with Crippen LogP contribution in [0.4, 0.5) is 9.52 Å². The summed E-state index contributed by atoms with van der Waals surface area (Å²) in [7, 11) is 0. The van der Waals surface area contributed by atoms with Crippen LogP contribution < -0.4 is 9.64 Å². The van der Waals surface area contributed by atoms with Gasteiger partial charge in [0.15, 0.2) is 4.34 Å². The number of hydrogen-bond acceptors (Lipinski definition) is 8. The molecule has 1 saturated heterocycles. The third-order valence-corrected chi connectivity index (χ3v) is 8.59. The van der Waals surface area contributed by atoms with Crippen molar-refractivity contribution in [2.24, 2.45) is 0 Å². The third-order valence-electron chi connectivity index (χ3n) is 6.12. The number of rotatable bonds is 9. The monoisotopic (exact) mass is 595 g/mol. The Balaban J connectivity index is 1.55. The maximum Gasteiger partial charge on any atom is 0.301 e. The van der Waals surface area contributed by atoms with E-state index in [2.05, 4.69) is 10.2 Å². The van der Waals surface area contributed by atoms with Gasteiger partial charge in [-0.1, -0.05) is 72.0 Å².